The summed E-state index contributed by atoms with van der Waals surface area (Å²) in [5.41, 5.74) is 0.875. The Labute approximate surface area is 174 Å². The van der Waals surface area contributed by atoms with Crippen molar-refractivity contribution in [1.29, 1.82) is 0 Å². The van der Waals surface area contributed by atoms with Crippen LogP contribution in [0.4, 0.5) is 0 Å². The van der Waals surface area contributed by atoms with Crippen molar-refractivity contribution in [3.05, 3.63) is 77.8 Å². The Kier molecular flexibility index (Phi) is 6.63. The normalized spacial score (nSPS) is 12.7. The van der Waals surface area contributed by atoms with Gasteiger partial charge in [-0.2, -0.15) is 9.40 Å². The molecule has 1 amide bonds. The lowest BCUT2D eigenvalue weighted by Crippen LogP contribution is -2.40. The van der Waals surface area contributed by atoms with E-state index < -0.39 is 22.0 Å². The lowest BCUT2D eigenvalue weighted by atomic mass is 10.1. The minimum absolute atomic E-state index is 0.0689. The molecule has 0 saturated heterocycles. The Morgan fingerprint density at radius 3 is 2.48 bits per heavy atom. The van der Waals surface area contributed by atoms with E-state index in [1.54, 1.807) is 11.0 Å². The summed E-state index contributed by atoms with van der Waals surface area (Å²) in [7, 11) is -2.46. The molecule has 1 heterocycles. The molecule has 3 rings (SSSR count). The third-order valence-electron chi connectivity index (χ3n) is 4.26. The quantitative estimate of drug-likeness (QED) is 0.586. The molecule has 29 heavy (non-hydrogen) atoms. The highest BCUT2D eigenvalue weighted by Gasteiger charge is 2.24. The predicted molar refractivity (Wildman–Crippen MR) is 109 cm³/mol. The highest BCUT2D eigenvalue weighted by Crippen LogP contribution is 2.18. The SMILES string of the molecule is CN(CC(=O)NC(Cn1cncn1)c1ccccc1)S(=O)(=O)c1ccc(Cl)cc1. The zero-order valence-corrected chi connectivity index (χ0v) is 17.2. The lowest BCUT2D eigenvalue weighted by Gasteiger charge is -2.22. The number of hydrogen-bond donors (Lipinski definition) is 1. The molecule has 152 valence electrons. The lowest BCUT2D eigenvalue weighted by molar-refractivity contribution is -0.122. The van der Waals surface area contributed by atoms with Gasteiger partial charge in [-0.25, -0.2) is 13.4 Å². The van der Waals surface area contributed by atoms with Crippen molar-refractivity contribution in [3.8, 4) is 0 Å². The van der Waals surface area contributed by atoms with Gasteiger partial charge >= 0.3 is 0 Å². The smallest absolute Gasteiger partial charge is 0.243 e. The van der Waals surface area contributed by atoms with Crippen LogP contribution in [0.15, 0.2) is 72.1 Å². The molecule has 1 aromatic heterocycles. The average Bonchev–Trinajstić information content (AvgIpc) is 3.21. The van der Waals surface area contributed by atoms with Crippen molar-refractivity contribution in [2.24, 2.45) is 0 Å². The molecule has 0 radical (unpaired) electrons. The van der Waals surface area contributed by atoms with Gasteiger partial charge in [-0.3, -0.25) is 9.48 Å². The number of nitrogens with zero attached hydrogens (tertiary/aromatic N) is 4. The highest BCUT2D eigenvalue weighted by atomic mass is 35.5. The summed E-state index contributed by atoms with van der Waals surface area (Å²) in [6, 6.07) is 14.8. The van der Waals surface area contributed by atoms with Crippen LogP contribution in [0.3, 0.4) is 0 Å². The largest absolute Gasteiger partial charge is 0.346 e. The fourth-order valence-electron chi connectivity index (χ4n) is 2.75. The fraction of sp³-hybridized carbons (Fsp3) is 0.211. The van der Waals surface area contributed by atoms with Crippen molar-refractivity contribution < 1.29 is 13.2 Å². The number of nitrogens with one attached hydrogen (secondary N) is 1. The first-order valence-electron chi connectivity index (χ1n) is 8.75. The summed E-state index contributed by atoms with van der Waals surface area (Å²) in [6.07, 6.45) is 2.97. The third-order valence-corrected chi connectivity index (χ3v) is 6.33. The van der Waals surface area contributed by atoms with Crippen LogP contribution in [-0.4, -0.2) is 47.0 Å². The van der Waals surface area contributed by atoms with E-state index in [9.17, 15) is 13.2 Å². The number of aromatic nitrogens is 3. The number of carbonyl (C=O) groups is 1. The molecule has 10 heteroatoms. The van der Waals surface area contributed by atoms with Crippen LogP contribution >= 0.6 is 11.6 Å². The van der Waals surface area contributed by atoms with E-state index in [4.69, 9.17) is 11.6 Å². The Morgan fingerprint density at radius 1 is 1.17 bits per heavy atom. The highest BCUT2D eigenvalue weighted by molar-refractivity contribution is 7.89. The average molecular weight is 434 g/mol. The minimum Gasteiger partial charge on any atom is -0.346 e. The zero-order chi connectivity index (χ0) is 20.9. The van der Waals surface area contributed by atoms with Crippen LogP contribution in [0.2, 0.25) is 5.02 Å². The fourth-order valence-corrected chi connectivity index (χ4v) is 4.00. The summed E-state index contributed by atoms with van der Waals surface area (Å²) < 4.78 is 27.9. The number of halogens is 1. The van der Waals surface area contributed by atoms with Crippen LogP contribution in [0.25, 0.3) is 0 Å². The summed E-state index contributed by atoms with van der Waals surface area (Å²) in [6.45, 7) is 0.0368. The van der Waals surface area contributed by atoms with Gasteiger partial charge in [0.25, 0.3) is 0 Å². The molecular weight excluding hydrogens is 414 g/mol. The molecule has 0 aliphatic heterocycles. The van der Waals surface area contributed by atoms with E-state index in [1.807, 2.05) is 30.3 Å². The summed E-state index contributed by atoms with van der Waals surface area (Å²) in [5, 5.41) is 7.39. The maximum Gasteiger partial charge on any atom is 0.243 e. The van der Waals surface area contributed by atoms with Crippen molar-refractivity contribution in [1.82, 2.24) is 24.4 Å². The number of amides is 1. The summed E-state index contributed by atoms with van der Waals surface area (Å²) >= 11 is 5.82. The first kappa shape index (κ1) is 21.0. The molecule has 3 aromatic rings. The number of hydrogen-bond acceptors (Lipinski definition) is 5. The van der Waals surface area contributed by atoms with Gasteiger partial charge < -0.3 is 5.32 Å². The summed E-state index contributed by atoms with van der Waals surface area (Å²) in [5.74, 6) is -0.431. The monoisotopic (exact) mass is 433 g/mol. The molecule has 0 aliphatic carbocycles. The van der Waals surface area contributed by atoms with Gasteiger partial charge in [0.15, 0.2) is 0 Å². The molecule has 1 atom stereocenters. The van der Waals surface area contributed by atoms with Gasteiger partial charge in [0.2, 0.25) is 15.9 Å². The van der Waals surface area contributed by atoms with Crippen LogP contribution in [-0.2, 0) is 21.4 Å². The number of carbonyl (C=O) groups excluding carboxylic acids is 1. The van der Waals surface area contributed by atoms with E-state index >= 15 is 0 Å². The second kappa shape index (κ2) is 9.17. The molecule has 0 saturated carbocycles. The van der Waals surface area contributed by atoms with Crippen molar-refractivity contribution in [3.63, 3.8) is 0 Å². The Hall–Kier alpha value is -2.75. The topological polar surface area (TPSA) is 97.2 Å². The first-order chi connectivity index (χ1) is 13.9. The Balaban J connectivity index is 1.71. The van der Waals surface area contributed by atoms with Gasteiger partial charge in [-0.15, -0.1) is 0 Å². The maximum absolute atomic E-state index is 12.7. The standard InChI is InChI=1S/C19H20ClN5O3S/c1-24(29(27,28)17-9-7-16(20)8-10-17)12-19(26)23-18(11-25-14-21-13-22-25)15-5-3-2-4-6-15/h2-10,13-14,18H,11-12H2,1H3,(H,23,26). The van der Waals surface area contributed by atoms with E-state index in [1.165, 1.54) is 37.6 Å². The number of sulfonamides is 1. The van der Waals surface area contributed by atoms with Crippen molar-refractivity contribution in [2.45, 2.75) is 17.5 Å². The van der Waals surface area contributed by atoms with Crippen LogP contribution in [0, 0.1) is 0 Å². The van der Waals surface area contributed by atoms with E-state index in [-0.39, 0.29) is 11.4 Å². The molecule has 1 N–H and O–H groups in total. The van der Waals surface area contributed by atoms with Gasteiger partial charge in [-0.05, 0) is 29.8 Å². The van der Waals surface area contributed by atoms with Gasteiger partial charge in [-0.1, -0.05) is 41.9 Å². The van der Waals surface area contributed by atoms with Crippen LogP contribution in [0.5, 0.6) is 0 Å². The number of rotatable bonds is 8. The second-order valence-corrected chi connectivity index (χ2v) is 8.84. The third kappa shape index (κ3) is 5.41. The second-order valence-electron chi connectivity index (χ2n) is 6.36. The Bertz CT molecular complexity index is 1040. The molecular formula is C19H20ClN5O3S. The number of likely N-dealkylation sites (N-methyl/N-ethyl adjacent to an activating group) is 1. The van der Waals surface area contributed by atoms with Gasteiger partial charge in [0.1, 0.15) is 12.7 Å². The zero-order valence-electron chi connectivity index (χ0n) is 15.6. The van der Waals surface area contributed by atoms with E-state index in [2.05, 4.69) is 15.4 Å². The first-order valence-corrected chi connectivity index (χ1v) is 10.6. The Morgan fingerprint density at radius 2 is 1.86 bits per heavy atom. The van der Waals surface area contributed by atoms with Crippen LogP contribution in [0.1, 0.15) is 11.6 Å². The molecule has 0 bridgehead atoms. The van der Waals surface area contributed by atoms with Crippen molar-refractivity contribution >= 4 is 27.5 Å². The molecule has 2 aromatic carbocycles. The molecule has 0 aliphatic rings. The van der Waals surface area contributed by atoms with E-state index in [0.29, 0.717) is 11.6 Å². The van der Waals surface area contributed by atoms with E-state index in [0.717, 1.165) is 9.87 Å². The predicted octanol–water partition coefficient (Wildman–Crippen LogP) is 2.11. The summed E-state index contributed by atoms with van der Waals surface area (Å²) in [4.78, 5) is 16.6. The van der Waals surface area contributed by atoms with Crippen molar-refractivity contribution in [2.75, 3.05) is 13.6 Å². The molecule has 0 spiro atoms. The molecule has 1 unspecified atom stereocenters. The molecule has 8 nitrogen and oxygen atoms in total. The number of benzene rings is 2. The van der Waals surface area contributed by atoms with Gasteiger partial charge in [0.05, 0.1) is 24.0 Å². The minimum atomic E-state index is -3.81. The maximum atomic E-state index is 12.7. The van der Waals surface area contributed by atoms with Gasteiger partial charge in [0, 0.05) is 12.1 Å². The molecule has 0 fully saturated rings. The van der Waals surface area contributed by atoms with Crippen LogP contribution < -0.4 is 5.32 Å².